The van der Waals surface area contributed by atoms with E-state index in [9.17, 15) is 9.59 Å². The third kappa shape index (κ3) is 3.42. The number of hydrogen-bond donors (Lipinski definition) is 1. The molecule has 0 fully saturated rings. The lowest BCUT2D eigenvalue weighted by atomic mass is 9.99. The van der Waals surface area contributed by atoms with Gasteiger partial charge in [0.15, 0.2) is 0 Å². The van der Waals surface area contributed by atoms with Crippen molar-refractivity contribution in [1.82, 2.24) is 0 Å². The summed E-state index contributed by atoms with van der Waals surface area (Å²) in [5.74, 6) is -0.955. The average molecular weight is 226 g/mol. The summed E-state index contributed by atoms with van der Waals surface area (Å²) >= 11 is 0. The Morgan fingerprint density at radius 2 is 2.25 bits per heavy atom. The van der Waals surface area contributed by atoms with Crippen molar-refractivity contribution in [2.24, 2.45) is 0 Å². The monoisotopic (exact) mass is 226 g/mol. The van der Waals surface area contributed by atoms with Crippen LogP contribution in [0.4, 0.5) is 0 Å². The molecule has 1 aliphatic heterocycles. The summed E-state index contributed by atoms with van der Waals surface area (Å²) in [6.07, 6.45) is 4.82. The number of carboxylic acids is 1. The fraction of sp³-hybridized carbons (Fsp3) is 0.455. The lowest BCUT2D eigenvalue weighted by molar-refractivity contribution is -0.142. The van der Waals surface area contributed by atoms with E-state index in [0.717, 1.165) is 0 Å². The Labute approximate surface area is 93.3 Å². The molecule has 0 amide bonds. The Morgan fingerprint density at radius 3 is 2.81 bits per heavy atom. The molecule has 1 aliphatic rings. The predicted octanol–water partition coefficient (Wildman–Crippen LogP) is 1.25. The van der Waals surface area contributed by atoms with Crippen LogP contribution in [0.3, 0.4) is 0 Å². The number of methoxy groups -OCH3 is 1. The molecule has 1 unspecified atom stereocenters. The Hall–Kier alpha value is -1.78. The highest BCUT2D eigenvalue weighted by Crippen LogP contribution is 2.26. The molecule has 5 nitrogen and oxygen atoms in total. The normalized spacial score (nSPS) is 23.2. The minimum Gasteiger partial charge on any atom is -0.487 e. The van der Waals surface area contributed by atoms with E-state index in [1.54, 1.807) is 25.2 Å². The molecule has 0 spiro atoms. The van der Waals surface area contributed by atoms with E-state index in [0.29, 0.717) is 5.76 Å². The number of esters is 1. The topological polar surface area (TPSA) is 72.8 Å². The van der Waals surface area contributed by atoms with E-state index in [4.69, 9.17) is 9.84 Å². The van der Waals surface area contributed by atoms with Gasteiger partial charge in [0, 0.05) is 0 Å². The first-order valence-electron chi connectivity index (χ1n) is 4.81. The van der Waals surface area contributed by atoms with Crippen LogP contribution in [0.2, 0.25) is 0 Å². The maximum absolute atomic E-state index is 11.0. The Kier molecular flexibility index (Phi) is 3.71. The van der Waals surface area contributed by atoms with Crippen molar-refractivity contribution in [3.63, 3.8) is 0 Å². The van der Waals surface area contributed by atoms with Gasteiger partial charge < -0.3 is 14.6 Å². The molecule has 16 heavy (non-hydrogen) atoms. The summed E-state index contributed by atoms with van der Waals surface area (Å²) in [5, 5.41) is 8.72. The maximum Gasteiger partial charge on any atom is 0.313 e. The van der Waals surface area contributed by atoms with Gasteiger partial charge in [-0.2, -0.15) is 0 Å². The number of aliphatic carboxylic acids is 1. The summed E-state index contributed by atoms with van der Waals surface area (Å²) in [5.41, 5.74) is -0.899. The molecular weight excluding hydrogens is 212 g/mol. The molecule has 0 aromatic heterocycles. The zero-order chi connectivity index (χ0) is 12.2. The second kappa shape index (κ2) is 4.83. The van der Waals surface area contributed by atoms with E-state index < -0.39 is 17.5 Å². The lowest BCUT2D eigenvalue weighted by Gasteiger charge is -2.29. The van der Waals surface area contributed by atoms with Gasteiger partial charge in [-0.05, 0) is 19.1 Å². The standard InChI is InChI=1S/C11H14O5/c1-11(7-9(12)13)5-3-4-8(16-11)6-10(14)15-2/h3-5H,6-7H2,1-2H3,(H,12,13). The second-order valence-corrected chi connectivity index (χ2v) is 3.73. The number of hydrogen-bond acceptors (Lipinski definition) is 4. The Morgan fingerprint density at radius 1 is 1.56 bits per heavy atom. The van der Waals surface area contributed by atoms with Crippen LogP contribution >= 0.6 is 0 Å². The highest BCUT2D eigenvalue weighted by Gasteiger charge is 2.29. The average Bonchev–Trinajstić information content (AvgIpc) is 2.15. The summed E-state index contributed by atoms with van der Waals surface area (Å²) in [4.78, 5) is 21.7. The fourth-order valence-electron chi connectivity index (χ4n) is 1.43. The van der Waals surface area contributed by atoms with E-state index in [1.165, 1.54) is 7.11 Å². The molecule has 0 saturated heterocycles. The van der Waals surface area contributed by atoms with Crippen LogP contribution in [0.25, 0.3) is 0 Å². The van der Waals surface area contributed by atoms with E-state index in [1.807, 2.05) is 0 Å². The minimum absolute atomic E-state index is 0.00997. The third-order valence-corrected chi connectivity index (χ3v) is 2.14. The highest BCUT2D eigenvalue weighted by atomic mass is 16.5. The highest BCUT2D eigenvalue weighted by molar-refractivity contribution is 5.72. The smallest absolute Gasteiger partial charge is 0.313 e. The van der Waals surface area contributed by atoms with Gasteiger partial charge in [-0.1, -0.05) is 6.08 Å². The van der Waals surface area contributed by atoms with E-state index >= 15 is 0 Å². The molecule has 1 atom stereocenters. The zero-order valence-corrected chi connectivity index (χ0v) is 9.23. The fourth-order valence-corrected chi connectivity index (χ4v) is 1.43. The van der Waals surface area contributed by atoms with Crippen molar-refractivity contribution in [3.8, 4) is 0 Å². The number of carbonyl (C=O) groups is 2. The van der Waals surface area contributed by atoms with Crippen LogP contribution in [-0.2, 0) is 19.1 Å². The molecule has 1 N–H and O–H groups in total. The lowest BCUT2D eigenvalue weighted by Crippen LogP contribution is -2.31. The zero-order valence-electron chi connectivity index (χ0n) is 9.23. The van der Waals surface area contributed by atoms with Crippen LogP contribution in [0.15, 0.2) is 24.0 Å². The van der Waals surface area contributed by atoms with Gasteiger partial charge in [0.05, 0.1) is 13.5 Å². The predicted molar refractivity (Wildman–Crippen MR) is 55.6 cm³/mol. The number of carboxylic acid groups (broad SMARTS) is 1. The molecule has 5 heteroatoms. The van der Waals surface area contributed by atoms with Gasteiger partial charge in [0.2, 0.25) is 0 Å². The SMILES string of the molecule is COC(=O)CC1=CC=CC(C)(CC(=O)O)O1. The minimum atomic E-state index is -0.952. The van der Waals surface area contributed by atoms with Crippen molar-refractivity contribution in [2.75, 3.05) is 7.11 Å². The van der Waals surface area contributed by atoms with Crippen LogP contribution in [0.1, 0.15) is 19.8 Å². The molecule has 0 bridgehead atoms. The molecule has 0 radical (unpaired) electrons. The molecular formula is C11H14O5. The van der Waals surface area contributed by atoms with Gasteiger partial charge >= 0.3 is 11.9 Å². The molecule has 0 saturated carbocycles. The van der Waals surface area contributed by atoms with Crippen molar-refractivity contribution in [1.29, 1.82) is 0 Å². The summed E-state index contributed by atoms with van der Waals surface area (Å²) in [6, 6.07) is 0. The summed E-state index contributed by atoms with van der Waals surface area (Å²) in [6.45, 7) is 1.65. The van der Waals surface area contributed by atoms with Crippen LogP contribution in [0, 0.1) is 0 Å². The van der Waals surface area contributed by atoms with Gasteiger partial charge in [-0.25, -0.2) is 0 Å². The number of rotatable bonds is 4. The Bertz CT molecular complexity index is 355. The van der Waals surface area contributed by atoms with E-state index in [2.05, 4.69) is 4.74 Å². The quantitative estimate of drug-likeness (QED) is 0.730. The first kappa shape index (κ1) is 12.3. The van der Waals surface area contributed by atoms with Crippen LogP contribution in [0.5, 0.6) is 0 Å². The second-order valence-electron chi connectivity index (χ2n) is 3.73. The van der Waals surface area contributed by atoms with Crippen molar-refractivity contribution in [2.45, 2.75) is 25.4 Å². The number of allylic oxidation sites excluding steroid dienone is 2. The van der Waals surface area contributed by atoms with Crippen molar-refractivity contribution >= 4 is 11.9 Å². The van der Waals surface area contributed by atoms with Crippen LogP contribution < -0.4 is 0 Å². The van der Waals surface area contributed by atoms with Crippen molar-refractivity contribution in [3.05, 3.63) is 24.0 Å². The van der Waals surface area contributed by atoms with Crippen LogP contribution in [-0.4, -0.2) is 29.8 Å². The first-order valence-corrected chi connectivity index (χ1v) is 4.81. The summed E-state index contributed by atoms with van der Waals surface area (Å²) in [7, 11) is 1.29. The van der Waals surface area contributed by atoms with E-state index in [-0.39, 0.29) is 12.8 Å². The summed E-state index contributed by atoms with van der Waals surface area (Å²) < 4.78 is 9.95. The van der Waals surface area contributed by atoms with Gasteiger partial charge in [-0.3, -0.25) is 9.59 Å². The van der Waals surface area contributed by atoms with Gasteiger partial charge in [0.25, 0.3) is 0 Å². The Balaban J connectivity index is 2.65. The third-order valence-electron chi connectivity index (χ3n) is 2.14. The van der Waals surface area contributed by atoms with Crippen molar-refractivity contribution < 1.29 is 24.2 Å². The van der Waals surface area contributed by atoms with Gasteiger partial charge in [0.1, 0.15) is 17.8 Å². The number of carbonyl (C=O) groups excluding carboxylic acids is 1. The van der Waals surface area contributed by atoms with Gasteiger partial charge in [-0.15, -0.1) is 0 Å². The maximum atomic E-state index is 11.0. The molecule has 0 aromatic carbocycles. The number of ether oxygens (including phenoxy) is 2. The first-order chi connectivity index (χ1) is 7.45. The molecule has 1 heterocycles. The molecule has 88 valence electrons. The molecule has 0 aliphatic carbocycles. The largest absolute Gasteiger partial charge is 0.487 e. The molecule has 1 rings (SSSR count). The molecule has 0 aromatic rings.